The summed E-state index contributed by atoms with van der Waals surface area (Å²) < 4.78 is 2.82. The van der Waals surface area contributed by atoms with E-state index in [1.807, 2.05) is 29.8 Å². The van der Waals surface area contributed by atoms with Crippen molar-refractivity contribution >= 4 is 49.9 Å². The van der Waals surface area contributed by atoms with E-state index in [0.29, 0.717) is 35.2 Å². The van der Waals surface area contributed by atoms with Crippen molar-refractivity contribution in [3.63, 3.8) is 0 Å². The van der Waals surface area contributed by atoms with E-state index in [1.54, 1.807) is 30.4 Å². The SMILES string of the molecule is Cc1c(C(=O)N(CCCn2ccnc2)c2nc3c(C)cc(Cl)cc3s2)cccc1[N+](=O)[O-]. The van der Waals surface area contributed by atoms with Gasteiger partial charge in [-0.2, -0.15) is 0 Å². The topological polar surface area (TPSA) is 94.2 Å². The molecule has 0 fully saturated rings. The fourth-order valence-corrected chi connectivity index (χ4v) is 5.02. The highest BCUT2D eigenvalue weighted by molar-refractivity contribution is 7.22. The average Bonchev–Trinajstić information content (AvgIpc) is 3.40. The summed E-state index contributed by atoms with van der Waals surface area (Å²) in [4.78, 5) is 34.8. The molecular formula is C22H20ClN5O3S. The Labute approximate surface area is 193 Å². The average molecular weight is 470 g/mol. The van der Waals surface area contributed by atoms with E-state index < -0.39 is 4.92 Å². The summed E-state index contributed by atoms with van der Waals surface area (Å²) in [6.45, 7) is 4.59. The fraction of sp³-hybridized carbons (Fsp3) is 0.227. The first-order valence-electron chi connectivity index (χ1n) is 9.93. The molecule has 0 saturated carbocycles. The van der Waals surface area contributed by atoms with Crippen LogP contribution in [0.15, 0.2) is 49.1 Å². The Hall–Kier alpha value is -3.30. The minimum Gasteiger partial charge on any atom is -0.337 e. The van der Waals surface area contributed by atoms with Gasteiger partial charge in [0, 0.05) is 47.7 Å². The van der Waals surface area contributed by atoms with Crippen LogP contribution in [0, 0.1) is 24.0 Å². The number of hydrogen-bond acceptors (Lipinski definition) is 6. The molecule has 2 heterocycles. The van der Waals surface area contributed by atoms with Gasteiger partial charge >= 0.3 is 0 Å². The predicted octanol–water partition coefficient (Wildman–Crippen LogP) is 5.41. The Morgan fingerprint density at radius 2 is 2.12 bits per heavy atom. The quantitative estimate of drug-likeness (QED) is 0.266. The molecule has 1 amide bonds. The molecule has 0 aliphatic rings. The van der Waals surface area contributed by atoms with Gasteiger partial charge in [0.25, 0.3) is 11.6 Å². The van der Waals surface area contributed by atoms with E-state index in [-0.39, 0.29) is 17.2 Å². The van der Waals surface area contributed by atoms with Crippen molar-refractivity contribution in [2.75, 3.05) is 11.4 Å². The maximum Gasteiger partial charge on any atom is 0.273 e. The van der Waals surface area contributed by atoms with Crippen LogP contribution in [0.5, 0.6) is 0 Å². The van der Waals surface area contributed by atoms with Crippen molar-refractivity contribution in [2.24, 2.45) is 0 Å². The van der Waals surface area contributed by atoms with Gasteiger partial charge in [0.1, 0.15) is 0 Å². The molecule has 0 aliphatic carbocycles. The zero-order valence-corrected chi connectivity index (χ0v) is 19.1. The first-order valence-corrected chi connectivity index (χ1v) is 11.1. The normalized spacial score (nSPS) is 11.1. The van der Waals surface area contributed by atoms with Gasteiger partial charge < -0.3 is 4.57 Å². The number of anilines is 1. The molecule has 0 unspecified atom stereocenters. The molecule has 0 spiro atoms. The zero-order valence-electron chi connectivity index (χ0n) is 17.5. The van der Waals surface area contributed by atoms with Crippen molar-refractivity contribution in [1.29, 1.82) is 0 Å². The molecule has 4 rings (SSSR count). The number of amides is 1. The largest absolute Gasteiger partial charge is 0.337 e. The first-order chi connectivity index (χ1) is 15.3. The monoisotopic (exact) mass is 469 g/mol. The number of rotatable bonds is 7. The van der Waals surface area contributed by atoms with Gasteiger partial charge in [-0.15, -0.1) is 0 Å². The molecule has 0 N–H and O–H groups in total. The number of nitro groups is 1. The minimum atomic E-state index is -0.474. The molecule has 0 saturated heterocycles. The van der Waals surface area contributed by atoms with E-state index in [2.05, 4.69) is 4.98 Å². The lowest BCUT2D eigenvalue weighted by Gasteiger charge is -2.21. The Balaban J connectivity index is 1.72. The molecule has 0 bridgehead atoms. The van der Waals surface area contributed by atoms with Crippen LogP contribution in [0.25, 0.3) is 10.2 Å². The summed E-state index contributed by atoms with van der Waals surface area (Å²) in [6, 6.07) is 8.22. The maximum absolute atomic E-state index is 13.6. The smallest absolute Gasteiger partial charge is 0.273 e. The van der Waals surface area contributed by atoms with Crippen molar-refractivity contribution < 1.29 is 9.72 Å². The van der Waals surface area contributed by atoms with Crippen molar-refractivity contribution in [3.8, 4) is 0 Å². The second-order valence-electron chi connectivity index (χ2n) is 7.38. The number of aromatic nitrogens is 3. The third-order valence-electron chi connectivity index (χ3n) is 5.20. The van der Waals surface area contributed by atoms with Gasteiger partial charge in [0.05, 0.1) is 21.5 Å². The van der Waals surface area contributed by atoms with E-state index in [0.717, 1.165) is 15.8 Å². The number of nitrogens with zero attached hydrogens (tertiary/aromatic N) is 5. The van der Waals surface area contributed by atoms with Crippen LogP contribution in [0.3, 0.4) is 0 Å². The van der Waals surface area contributed by atoms with Crippen molar-refractivity contribution in [3.05, 3.63) is 80.9 Å². The second kappa shape index (κ2) is 9.05. The van der Waals surface area contributed by atoms with Crippen LogP contribution in [-0.4, -0.2) is 31.9 Å². The highest BCUT2D eigenvalue weighted by Gasteiger charge is 2.26. The molecule has 0 aliphatic heterocycles. The van der Waals surface area contributed by atoms with Gasteiger partial charge in [-0.05, 0) is 44.0 Å². The van der Waals surface area contributed by atoms with Gasteiger partial charge in [-0.25, -0.2) is 9.97 Å². The van der Waals surface area contributed by atoms with Crippen LogP contribution in [0.2, 0.25) is 5.02 Å². The van der Waals surface area contributed by atoms with Crippen LogP contribution in [0.1, 0.15) is 27.9 Å². The summed E-state index contributed by atoms with van der Waals surface area (Å²) >= 11 is 7.58. The molecule has 10 heteroatoms. The van der Waals surface area contributed by atoms with Crippen LogP contribution in [-0.2, 0) is 6.54 Å². The van der Waals surface area contributed by atoms with E-state index in [1.165, 1.54) is 23.5 Å². The Bertz CT molecular complexity index is 1300. The van der Waals surface area contributed by atoms with Crippen LogP contribution >= 0.6 is 22.9 Å². The summed E-state index contributed by atoms with van der Waals surface area (Å²) in [7, 11) is 0. The fourth-order valence-electron chi connectivity index (χ4n) is 3.57. The summed E-state index contributed by atoms with van der Waals surface area (Å²) in [5.74, 6) is -0.320. The predicted molar refractivity (Wildman–Crippen MR) is 126 cm³/mol. The molecule has 0 atom stereocenters. The van der Waals surface area contributed by atoms with Crippen LogP contribution in [0.4, 0.5) is 10.8 Å². The number of carbonyl (C=O) groups excluding carboxylic acids is 1. The van der Waals surface area contributed by atoms with Crippen LogP contribution < -0.4 is 4.90 Å². The first kappa shape index (κ1) is 21.9. The van der Waals surface area contributed by atoms with E-state index in [4.69, 9.17) is 16.6 Å². The standard InChI is InChI=1S/C22H20ClN5O3S/c1-14-11-16(23)12-19-20(14)25-22(32-19)27(9-4-8-26-10-7-24-13-26)21(29)17-5-3-6-18(15(17)2)28(30)31/h3,5-7,10-13H,4,8-9H2,1-2H3. The van der Waals surface area contributed by atoms with Gasteiger partial charge in [-0.1, -0.05) is 29.0 Å². The summed E-state index contributed by atoms with van der Waals surface area (Å²) in [5.41, 5.74) is 2.25. The minimum absolute atomic E-state index is 0.0823. The highest BCUT2D eigenvalue weighted by Crippen LogP contribution is 2.34. The van der Waals surface area contributed by atoms with Gasteiger partial charge in [-0.3, -0.25) is 19.8 Å². The molecule has 4 aromatic rings. The zero-order chi connectivity index (χ0) is 22.8. The number of carbonyl (C=O) groups is 1. The maximum atomic E-state index is 13.6. The number of imidazole rings is 1. The molecular weight excluding hydrogens is 450 g/mol. The number of fused-ring (bicyclic) bond motifs is 1. The number of aryl methyl sites for hydroxylation is 2. The Morgan fingerprint density at radius 1 is 1.31 bits per heavy atom. The Kier molecular flexibility index (Phi) is 6.20. The molecule has 164 valence electrons. The summed E-state index contributed by atoms with van der Waals surface area (Å²) in [6.07, 6.45) is 5.95. The lowest BCUT2D eigenvalue weighted by molar-refractivity contribution is -0.385. The third kappa shape index (κ3) is 4.35. The molecule has 32 heavy (non-hydrogen) atoms. The van der Waals surface area contributed by atoms with Gasteiger partial charge in [0.2, 0.25) is 0 Å². The third-order valence-corrected chi connectivity index (χ3v) is 6.45. The Morgan fingerprint density at radius 3 is 2.84 bits per heavy atom. The molecule has 2 aromatic carbocycles. The number of nitro benzene ring substituents is 1. The lowest BCUT2D eigenvalue weighted by Crippen LogP contribution is -2.33. The van der Waals surface area contributed by atoms with Crippen molar-refractivity contribution in [2.45, 2.75) is 26.8 Å². The lowest BCUT2D eigenvalue weighted by atomic mass is 10.1. The van der Waals surface area contributed by atoms with Crippen molar-refractivity contribution in [1.82, 2.24) is 14.5 Å². The second-order valence-corrected chi connectivity index (χ2v) is 8.83. The van der Waals surface area contributed by atoms with E-state index in [9.17, 15) is 14.9 Å². The molecule has 2 aromatic heterocycles. The number of hydrogen-bond donors (Lipinski definition) is 0. The molecule has 0 radical (unpaired) electrons. The number of thiazole rings is 1. The number of benzene rings is 2. The highest BCUT2D eigenvalue weighted by atomic mass is 35.5. The van der Waals surface area contributed by atoms with E-state index >= 15 is 0 Å². The number of halogens is 1. The summed E-state index contributed by atoms with van der Waals surface area (Å²) in [5, 5.41) is 12.5. The molecule has 8 nitrogen and oxygen atoms in total. The van der Waals surface area contributed by atoms with Gasteiger partial charge in [0.15, 0.2) is 5.13 Å².